The molecule has 0 bridgehead atoms. The van der Waals surface area contributed by atoms with Crippen molar-refractivity contribution in [2.24, 2.45) is 11.8 Å². The Kier molecular flexibility index (Phi) is 11.9. The fraction of sp³-hybridized carbons (Fsp3) is 0.556. The number of piperidine rings is 1. The lowest BCUT2D eigenvalue weighted by atomic mass is 9.87. The van der Waals surface area contributed by atoms with Gasteiger partial charge in [0, 0.05) is 42.1 Å². The summed E-state index contributed by atoms with van der Waals surface area (Å²) in [5.41, 5.74) is 4.66. The van der Waals surface area contributed by atoms with Crippen LogP contribution in [0.5, 0.6) is 0 Å². The quantitative estimate of drug-likeness (QED) is 0.113. The van der Waals surface area contributed by atoms with E-state index >= 15 is 0 Å². The lowest BCUT2D eigenvalue weighted by Crippen LogP contribution is -2.47. The number of likely N-dealkylation sites (tertiary alicyclic amines) is 1. The van der Waals surface area contributed by atoms with E-state index in [0.29, 0.717) is 11.8 Å². The Morgan fingerprint density at radius 2 is 1.87 bits per heavy atom. The first-order chi connectivity index (χ1) is 22.2. The van der Waals surface area contributed by atoms with E-state index in [1.54, 1.807) is 12.1 Å². The third-order valence-electron chi connectivity index (χ3n) is 10.0. The Hall–Kier alpha value is -2.76. The van der Waals surface area contributed by atoms with Gasteiger partial charge in [0.2, 0.25) is 0 Å². The van der Waals surface area contributed by atoms with Crippen LogP contribution >= 0.6 is 12.0 Å². The van der Waals surface area contributed by atoms with Crippen LogP contribution in [0.3, 0.4) is 0 Å². The molecule has 4 atom stereocenters. The largest absolute Gasteiger partial charge is 0.480 e. The lowest BCUT2D eigenvalue weighted by Gasteiger charge is -2.35. The topological polar surface area (TPSA) is 80.1 Å². The van der Waals surface area contributed by atoms with Gasteiger partial charge >= 0.3 is 5.97 Å². The maximum Gasteiger partial charge on any atom is 0.321 e. The molecule has 8 nitrogen and oxygen atoms in total. The smallest absolute Gasteiger partial charge is 0.321 e. The number of hydrogen-bond acceptors (Lipinski definition) is 7. The lowest BCUT2D eigenvalue weighted by molar-refractivity contribution is -0.160. The summed E-state index contributed by atoms with van der Waals surface area (Å²) in [6, 6.07) is 17.2. The molecule has 250 valence electrons. The summed E-state index contributed by atoms with van der Waals surface area (Å²) in [6.45, 7) is 9.91. The van der Waals surface area contributed by atoms with Crippen molar-refractivity contribution in [2.75, 3.05) is 33.8 Å². The first kappa shape index (κ1) is 34.6. The van der Waals surface area contributed by atoms with Crippen molar-refractivity contribution in [1.29, 1.82) is 0 Å². The monoisotopic (exact) mass is 652 g/mol. The molecule has 2 aromatic carbocycles. The first-order valence-corrected chi connectivity index (χ1v) is 17.4. The summed E-state index contributed by atoms with van der Waals surface area (Å²) in [5, 5.41) is 14.9. The Labute approximate surface area is 277 Å². The second kappa shape index (κ2) is 15.9. The van der Waals surface area contributed by atoms with Gasteiger partial charge in [0.25, 0.3) is 0 Å². The minimum atomic E-state index is -0.773. The first-order valence-electron chi connectivity index (χ1n) is 16.6. The molecule has 1 N–H and O–H groups in total. The average molecular weight is 653 g/mol. The standard InChI is InChI=1S/C36H49FN4O4S/c1-6-41-34(21-30(38-41)18-25-10-12-32(13-11-25)46-45-44-5)26-14-16-40(17-15-26)23-28-20-31(39(4)35(24(2)3)36(42)43)22-33(28)27-8-7-9-29(37)19-27/h7-13,19,21,24,26,28,31,33,35H,6,14-18,20,22-23H2,1-5H3,(H,42,43)/t28-,31+,33-,35-/m1/s1. The van der Waals surface area contributed by atoms with E-state index in [1.807, 2.05) is 39.1 Å². The maximum absolute atomic E-state index is 14.3. The molecule has 0 radical (unpaired) electrons. The summed E-state index contributed by atoms with van der Waals surface area (Å²) in [6.07, 6.45) is 4.70. The Morgan fingerprint density at radius 1 is 1.13 bits per heavy atom. The van der Waals surface area contributed by atoms with Gasteiger partial charge in [-0.25, -0.2) is 9.28 Å². The van der Waals surface area contributed by atoms with E-state index in [2.05, 4.69) is 44.5 Å². The molecule has 5 rings (SSSR count). The van der Waals surface area contributed by atoms with Crippen LogP contribution in [0.4, 0.5) is 4.39 Å². The Balaban J connectivity index is 1.23. The van der Waals surface area contributed by atoms with Crippen LogP contribution in [0.15, 0.2) is 59.5 Å². The number of carbonyl (C=O) groups is 1. The highest BCUT2D eigenvalue weighted by Crippen LogP contribution is 2.43. The highest BCUT2D eigenvalue weighted by atomic mass is 32.2. The number of rotatable bonds is 14. The van der Waals surface area contributed by atoms with Gasteiger partial charge in [-0.1, -0.05) is 38.1 Å². The van der Waals surface area contributed by atoms with Crippen LogP contribution in [0, 0.1) is 17.7 Å². The summed E-state index contributed by atoms with van der Waals surface area (Å²) < 4.78 is 21.5. The molecule has 1 saturated carbocycles. The SMILES string of the molecule is CCn1nc(Cc2ccc(SOOC)cc2)cc1C1CCN(C[C@H]2C[C@H](N(C)[C@@H](C(=O)O)C(C)C)C[C@@H]2c2cccc(F)c2)CC1. The van der Waals surface area contributed by atoms with Crippen molar-refractivity contribution in [3.05, 3.63) is 82.9 Å². The van der Waals surface area contributed by atoms with Crippen LogP contribution in [-0.2, 0) is 27.0 Å². The number of nitrogens with zero attached hydrogens (tertiary/aromatic N) is 4. The van der Waals surface area contributed by atoms with Crippen LogP contribution in [-0.4, -0.2) is 76.5 Å². The Bertz CT molecular complexity index is 1430. The van der Waals surface area contributed by atoms with Crippen molar-refractivity contribution in [1.82, 2.24) is 19.6 Å². The van der Waals surface area contributed by atoms with Crippen molar-refractivity contribution >= 4 is 18.0 Å². The van der Waals surface area contributed by atoms with E-state index in [4.69, 9.17) is 9.43 Å². The van der Waals surface area contributed by atoms with Gasteiger partial charge in [0.05, 0.1) is 24.8 Å². The summed E-state index contributed by atoms with van der Waals surface area (Å²) >= 11 is 1.19. The molecule has 1 aromatic heterocycles. The van der Waals surface area contributed by atoms with E-state index < -0.39 is 12.0 Å². The highest BCUT2D eigenvalue weighted by molar-refractivity contribution is 7.94. The minimum absolute atomic E-state index is 0.00566. The zero-order chi connectivity index (χ0) is 32.8. The van der Waals surface area contributed by atoms with Crippen LogP contribution in [0.25, 0.3) is 0 Å². The zero-order valence-corrected chi connectivity index (χ0v) is 28.6. The third-order valence-corrected chi connectivity index (χ3v) is 10.7. The molecule has 0 spiro atoms. The van der Waals surface area contributed by atoms with Gasteiger partial charge in [-0.05, 0) is 112 Å². The number of aromatic nitrogens is 2. The number of benzene rings is 2. The third kappa shape index (κ3) is 8.39. The predicted molar refractivity (Wildman–Crippen MR) is 179 cm³/mol. The number of aryl methyl sites for hydroxylation is 1. The van der Waals surface area contributed by atoms with Gasteiger partial charge in [0.15, 0.2) is 0 Å². The number of likely N-dealkylation sites (N-methyl/N-ethyl adjacent to an activating group) is 1. The number of carboxylic acid groups (broad SMARTS) is 1. The second-order valence-electron chi connectivity index (χ2n) is 13.3. The summed E-state index contributed by atoms with van der Waals surface area (Å²) in [7, 11) is 3.45. The molecule has 0 amide bonds. The molecule has 2 heterocycles. The van der Waals surface area contributed by atoms with Gasteiger partial charge < -0.3 is 10.0 Å². The summed E-state index contributed by atoms with van der Waals surface area (Å²) in [5.74, 6) is 0.0269. The van der Waals surface area contributed by atoms with E-state index in [-0.39, 0.29) is 23.7 Å². The molecular weight excluding hydrogens is 603 g/mol. The number of aliphatic carboxylic acids is 1. The fourth-order valence-corrected chi connectivity index (χ4v) is 8.17. The van der Waals surface area contributed by atoms with Crippen molar-refractivity contribution < 1.29 is 23.5 Å². The molecule has 0 unspecified atom stereocenters. The molecule has 3 aromatic rings. The fourth-order valence-electron chi connectivity index (χ4n) is 7.78. The van der Waals surface area contributed by atoms with Crippen LogP contribution < -0.4 is 0 Å². The molecule has 2 fully saturated rings. The second-order valence-corrected chi connectivity index (χ2v) is 14.1. The van der Waals surface area contributed by atoms with Gasteiger partial charge in [-0.2, -0.15) is 9.43 Å². The average Bonchev–Trinajstić information content (AvgIpc) is 3.65. The number of carboxylic acids is 1. The van der Waals surface area contributed by atoms with Crippen molar-refractivity contribution in [3.8, 4) is 0 Å². The molecular formula is C36H49FN4O4S. The van der Waals surface area contributed by atoms with Crippen LogP contribution in [0.2, 0.25) is 0 Å². The molecule has 10 heteroatoms. The summed E-state index contributed by atoms with van der Waals surface area (Å²) in [4.78, 5) is 22.5. The van der Waals surface area contributed by atoms with E-state index in [1.165, 1.54) is 36.5 Å². The van der Waals surface area contributed by atoms with Crippen LogP contribution in [0.1, 0.15) is 80.8 Å². The molecule has 1 aliphatic carbocycles. The van der Waals surface area contributed by atoms with Gasteiger partial charge in [-0.3, -0.25) is 14.4 Å². The van der Waals surface area contributed by atoms with Gasteiger partial charge in [0.1, 0.15) is 11.9 Å². The molecule has 1 aliphatic heterocycles. The number of hydrogen-bond donors (Lipinski definition) is 1. The van der Waals surface area contributed by atoms with Crippen molar-refractivity contribution in [2.45, 2.75) is 88.2 Å². The number of halogens is 1. The van der Waals surface area contributed by atoms with Crippen molar-refractivity contribution in [3.63, 3.8) is 0 Å². The Morgan fingerprint density at radius 3 is 2.50 bits per heavy atom. The maximum atomic E-state index is 14.3. The zero-order valence-electron chi connectivity index (χ0n) is 27.8. The normalized spacial score (nSPS) is 21.8. The molecule has 46 heavy (non-hydrogen) atoms. The molecule has 2 aliphatic rings. The van der Waals surface area contributed by atoms with E-state index in [0.717, 1.165) is 74.4 Å². The predicted octanol–water partition coefficient (Wildman–Crippen LogP) is 7.00. The van der Waals surface area contributed by atoms with Gasteiger partial charge in [-0.15, -0.1) is 0 Å². The molecule has 1 saturated heterocycles. The van der Waals surface area contributed by atoms with E-state index in [9.17, 15) is 14.3 Å². The minimum Gasteiger partial charge on any atom is -0.480 e. The highest BCUT2D eigenvalue weighted by Gasteiger charge is 2.42.